The maximum atomic E-state index is 4.56. The molecule has 21 heavy (non-hydrogen) atoms. The molecular formula is C18H33N3. The number of hydrogen-bond donors (Lipinski definition) is 1. The highest BCUT2D eigenvalue weighted by Crippen LogP contribution is 2.46. The number of rotatable bonds is 5. The molecule has 1 aromatic rings. The molecule has 3 atom stereocenters. The average molecular weight is 291 g/mol. The molecule has 3 nitrogen and oxygen atoms in total. The van der Waals surface area contributed by atoms with Crippen molar-refractivity contribution in [2.45, 2.75) is 65.8 Å². The molecule has 1 fully saturated rings. The lowest BCUT2D eigenvalue weighted by Gasteiger charge is -2.41. The van der Waals surface area contributed by atoms with Crippen LogP contribution in [0.1, 0.15) is 64.9 Å². The van der Waals surface area contributed by atoms with Crippen molar-refractivity contribution in [2.24, 2.45) is 17.3 Å². The zero-order valence-electron chi connectivity index (χ0n) is 14.5. The fourth-order valence-electron chi connectivity index (χ4n) is 3.86. The van der Waals surface area contributed by atoms with Gasteiger partial charge in [-0.3, -0.25) is 4.68 Å². The molecule has 0 aliphatic heterocycles. The summed E-state index contributed by atoms with van der Waals surface area (Å²) < 4.78 is 2.12. The lowest BCUT2D eigenvalue weighted by Crippen LogP contribution is -2.34. The normalized spacial score (nSPS) is 27.0. The molecule has 3 unspecified atom stereocenters. The Kier molecular flexibility index (Phi) is 5.48. The van der Waals surface area contributed by atoms with E-state index in [4.69, 9.17) is 0 Å². The van der Waals surface area contributed by atoms with Gasteiger partial charge in [0, 0.05) is 12.7 Å². The van der Waals surface area contributed by atoms with Crippen LogP contribution in [-0.2, 0) is 6.54 Å². The van der Waals surface area contributed by atoms with Crippen LogP contribution >= 0.6 is 0 Å². The Balaban J connectivity index is 2.16. The zero-order valence-corrected chi connectivity index (χ0v) is 14.5. The highest BCUT2D eigenvalue weighted by Gasteiger charge is 2.36. The van der Waals surface area contributed by atoms with Gasteiger partial charge in [0.25, 0.3) is 0 Å². The summed E-state index contributed by atoms with van der Waals surface area (Å²) in [7, 11) is 2.08. The first-order valence-electron chi connectivity index (χ1n) is 8.62. The van der Waals surface area contributed by atoms with Crippen molar-refractivity contribution in [1.82, 2.24) is 15.1 Å². The summed E-state index contributed by atoms with van der Waals surface area (Å²) in [5.41, 5.74) is 1.88. The predicted molar refractivity (Wildman–Crippen MR) is 89.5 cm³/mol. The minimum Gasteiger partial charge on any atom is -0.319 e. The van der Waals surface area contributed by atoms with Crippen molar-refractivity contribution < 1.29 is 0 Å². The van der Waals surface area contributed by atoms with Crippen molar-refractivity contribution in [1.29, 1.82) is 0 Å². The van der Waals surface area contributed by atoms with Crippen molar-refractivity contribution in [3.63, 3.8) is 0 Å². The molecular weight excluding hydrogens is 258 g/mol. The van der Waals surface area contributed by atoms with Gasteiger partial charge in [-0.05, 0) is 68.0 Å². The van der Waals surface area contributed by atoms with Crippen LogP contribution in [0.25, 0.3) is 0 Å². The van der Waals surface area contributed by atoms with Gasteiger partial charge in [0.2, 0.25) is 0 Å². The third-order valence-corrected chi connectivity index (χ3v) is 5.22. The second-order valence-electron chi connectivity index (χ2n) is 7.84. The second kappa shape index (κ2) is 6.95. The van der Waals surface area contributed by atoms with Crippen LogP contribution in [0.2, 0.25) is 0 Å². The van der Waals surface area contributed by atoms with E-state index in [1.807, 2.05) is 0 Å². The van der Waals surface area contributed by atoms with Gasteiger partial charge in [-0.1, -0.05) is 27.7 Å². The van der Waals surface area contributed by atoms with Crippen LogP contribution in [0.3, 0.4) is 0 Å². The molecule has 120 valence electrons. The average Bonchev–Trinajstić information content (AvgIpc) is 2.87. The topological polar surface area (TPSA) is 29.9 Å². The van der Waals surface area contributed by atoms with E-state index in [1.165, 1.54) is 24.8 Å². The number of aromatic nitrogens is 2. The highest BCUT2D eigenvalue weighted by molar-refractivity contribution is 5.15. The number of nitrogens with zero attached hydrogens (tertiary/aromatic N) is 2. The van der Waals surface area contributed by atoms with Gasteiger partial charge in [-0.2, -0.15) is 5.10 Å². The highest BCUT2D eigenvalue weighted by atomic mass is 15.3. The molecule has 0 aromatic carbocycles. The molecule has 0 bridgehead atoms. The molecule has 1 aromatic heterocycles. The molecule has 1 N–H and O–H groups in total. The van der Waals surface area contributed by atoms with E-state index in [2.05, 4.69) is 62.2 Å². The Morgan fingerprint density at radius 2 is 2.10 bits per heavy atom. The third kappa shape index (κ3) is 4.09. The summed E-state index contributed by atoms with van der Waals surface area (Å²) in [5.74, 6) is 2.25. The van der Waals surface area contributed by atoms with Gasteiger partial charge in [0.15, 0.2) is 0 Å². The molecule has 0 saturated heterocycles. The molecule has 0 spiro atoms. The van der Waals surface area contributed by atoms with Gasteiger partial charge in [-0.25, -0.2) is 0 Å². The minimum atomic E-state index is 0.419. The van der Waals surface area contributed by atoms with Crippen LogP contribution in [-0.4, -0.2) is 23.4 Å². The van der Waals surface area contributed by atoms with Crippen LogP contribution in [0.5, 0.6) is 0 Å². The summed E-state index contributed by atoms with van der Waals surface area (Å²) in [4.78, 5) is 0. The fourth-order valence-corrected chi connectivity index (χ4v) is 3.86. The molecule has 1 heterocycles. The van der Waals surface area contributed by atoms with Gasteiger partial charge >= 0.3 is 0 Å². The Hall–Kier alpha value is -0.830. The lowest BCUT2D eigenvalue weighted by molar-refractivity contribution is 0.130. The van der Waals surface area contributed by atoms with Gasteiger partial charge in [0.1, 0.15) is 0 Å². The van der Waals surface area contributed by atoms with Crippen molar-refractivity contribution >= 4 is 0 Å². The van der Waals surface area contributed by atoms with Crippen LogP contribution in [0, 0.1) is 17.3 Å². The summed E-state index contributed by atoms with van der Waals surface area (Å²) in [6.45, 7) is 11.6. The summed E-state index contributed by atoms with van der Waals surface area (Å²) in [6, 6.07) is 0. The van der Waals surface area contributed by atoms with Crippen LogP contribution < -0.4 is 5.32 Å². The SMILES string of the molecule is CCCn1cc(C2CC(C(C)(C)C)CCC2CNC)cn1. The van der Waals surface area contributed by atoms with E-state index in [1.54, 1.807) is 0 Å². The monoisotopic (exact) mass is 291 g/mol. The van der Waals surface area contributed by atoms with Gasteiger partial charge in [-0.15, -0.1) is 0 Å². The first kappa shape index (κ1) is 16.5. The lowest BCUT2D eigenvalue weighted by atomic mass is 9.64. The van der Waals surface area contributed by atoms with E-state index in [0.717, 1.165) is 31.3 Å². The maximum Gasteiger partial charge on any atom is 0.0524 e. The second-order valence-corrected chi connectivity index (χ2v) is 7.84. The van der Waals surface area contributed by atoms with E-state index in [-0.39, 0.29) is 0 Å². The molecule has 0 amide bonds. The third-order valence-electron chi connectivity index (χ3n) is 5.22. The van der Waals surface area contributed by atoms with Gasteiger partial charge < -0.3 is 5.32 Å². The van der Waals surface area contributed by atoms with E-state index in [9.17, 15) is 0 Å². The fraction of sp³-hybridized carbons (Fsp3) is 0.833. The first-order chi connectivity index (χ1) is 9.95. The Morgan fingerprint density at radius 3 is 2.71 bits per heavy atom. The molecule has 1 saturated carbocycles. The van der Waals surface area contributed by atoms with Crippen LogP contribution in [0.4, 0.5) is 0 Å². The van der Waals surface area contributed by atoms with Gasteiger partial charge in [0.05, 0.1) is 6.20 Å². The Bertz CT molecular complexity index is 430. The maximum absolute atomic E-state index is 4.56. The molecule has 1 aliphatic rings. The smallest absolute Gasteiger partial charge is 0.0524 e. The molecule has 0 radical (unpaired) electrons. The van der Waals surface area contributed by atoms with E-state index in [0.29, 0.717) is 11.3 Å². The molecule has 3 heteroatoms. The van der Waals surface area contributed by atoms with Crippen LogP contribution in [0.15, 0.2) is 12.4 Å². The molecule has 1 aliphatic carbocycles. The zero-order chi connectivity index (χ0) is 15.5. The standard InChI is InChI=1S/C18H33N3/c1-6-9-21-13-15(12-20-21)17-10-16(18(2,3)4)8-7-14(17)11-19-5/h12-14,16-17,19H,6-11H2,1-5H3. The minimum absolute atomic E-state index is 0.419. The Morgan fingerprint density at radius 1 is 1.33 bits per heavy atom. The largest absolute Gasteiger partial charge is 0.319 e. The first-order valence-corrected chi connectivity index (χ1v) is 8.62. The summed E-state index contributed by atoms with van der Waals surface area (Å²) in [6.07, 6.45) is 9.59. The number of hydrogen-bond acceptors (Lipinski definition) is 2. The summed E-state index contributed by atoms with van der Waals surface area (Å²) in [5, 5.41) is 7.95. The van der Waals surface area contributed by atoms with Crippen molar-refractivity contribution in [3.8, 4) is 0 Å². The molecule has 2 rings (SSSR count). The number of nitrogens with one attached hydrogen (secondary N) is 1. The quantitative estimate of drug-likeness (QED) is 0.886. The van der Waals surface area contributed by atoms with E-state index >= 15 is 0 Å². The van der Waals surface area contributed by atoms with Crippen molar-refractivity contribution in [3.05, 3.63) is 18.0 Å². The van der Waals surface area contributed by atoms with Crippen molar-refractivity contribution in [2.75, 3.05) is 13.6 Å². The number of aryl methyl sites for hydroxylation is 1. The predicted octanol–water partition coefficient (Wildman–Crippen LogP) is 4.06. The Labute approximate surface area is 130 Å². The summed E-state index contributed by atoms with van der Waals surface area (Å²) >= 11 is 0. The van der Waals surface area contributed by atoms with E-state index < -0.39 is 0 Å².